The molecule has 3 atom stereocenters. The Morgan fingerprint density at radius 1 is 1.45 bits per heavy atom. The van der Waals surface area contributed by atoms with E-state index < -0.39 is 30.1 Å². The van der Waals surface area contributed by atoms with Crippen molar-refractivity contribution < 1.29 is 24.6 Å². The first-order chi connectivity index (χ1) is 9.31. The van der Waals surface area contributed by atoms with Gasteiger partial charge in [0.1, 0.15) is 6.04 Å². The smallest absolute Gasteiger partial charge is 0.326 e. The fourth-order valence-corrected chi connectivity index (χ4v) is 2.02. The number of carboxylic acid groups (broad SMARTS) is 1. The van der Waals surface area contributed by atoms with Crippen LogP contribution in [0.2, 0.25) is 0 Å². The van der Waals surface area contributed by atoms with E-state index in [-0.39, 0.29) is 25.3 Å². The van der Waals surface area contributed by atoms with Gasteiger partial charge in [-0.3, -0.25) is 4.79 Å². The van der Waals surface area contributed by atoms with Crippen LogP contribution < -0.4 is 11.1 Å². The topological polar surface area (TPSA) is 133 Å². The minimum Gasteiger partial charge on any atom is -0.480 e. The lowest BCUT2D eigenvalue weighted by Gasteiger charge is -2.34. The van der Waals surface area contributed by atoms with Gasteiger partial charge in [0.15, 0.2) is 0 Å². The van der Waals surface area contributed by atoms with Crippen molar-refractivity contribution in [3.8, 4) is 0 Å². The molecule has 8 heteroatoms. The first-order valence-electron chi connectivity index (χ1n) is 6.56. The number of primary amides is 1. The number of nitrogens with one attached hydrogen (secondary N) is 1. The van der Waals surface area contributed by atoms with Crippen molar-refractivity contribution in [2.45, 2.75) is 38.3 Å². The minimum absolute atomic E-state index is 0.0524. The zero-order valence-electron chi connectivity index (χ0n) is 11.4. The lowest BCUT2D eigenvalue weighted by Crippen LogP contribution is -2.53. The summed E-state index contributed by atoms with van der Waals surface area (Å²) in [5.41, 5.74) is 4.96. The third-order valence-corrected chi connectivity index (χ3v) is 3.48. The normalized spacial score (nSPS) is 24.0. The first-order valence-corrected chi connectivity index (χ1v) is 6.56. The molecule has 3 unspecified atom stereocenters. The molecule has 3 amide bonds. The number of aliphatic carboxylic acids is 1. The molecule has 114 valence electrons. The number of likely N-dealkylation sites (tertiary alicyclic amines) is 1. The number of carboxylic acids is 1. The van der Waals surface area contributed by atoms with Gasteiger partial charge >= 0.3 is 12.0 Å². The molecule has 0 bridgehead atoms. The van der Waals surface area contributed by atoms with Crippen molar-refractivity contribution in [3.63, 3.8) is 0 Å². The van der Waals surface area contributed by atoms with Crippen molar-refractivity contribution in [1.29, 1.82) is 0 Å². The highest BCUT2D eigenvalue weighted by molar-refractivity contribution is 5.83. The van der Waals surface area contributed by atoms with Gasteiger partial charge in [0.25, 0.3) is 0 Å². The first kappa shape index (κ1) is 16.2. The highest BCUT2D eigenvalue weighted by Crippen LogP contribution is 2.17. The molecule has 20 heavy (non-hydrogen) atoms. The molecule has 0 spiro atoms. The number of aliphatic hydroxyl groups excluding tert-OH is 1. The van der Waals surface area contributed by atoms with Gasteiger partial charge in [0, 0.05) is 19.5 Å². The van der Waals surface area contributed by atoms with E-state index in [1.807, 2.05) is 6.92 Å². The van der Waals surface area contributed by atoms with E-state index >= 15 is 0 Å². The molecule has 5 N–H and O–H groups in total. The van der Waals surface area contributed by atoms with E-state index in [0.717, 1.165) is 0 Å². The lowest BCUT2D eigenvalue weighted by atomic mass is 9.96. The van der Waals surface area contributed by atoms with Crippen LogP contribution in [0, 0.1) is 5.92 Å². The third-order valence-electron chi connectivity index (χ3n) is 3.48. The number of nitrogens with zero attached hydrogens (tertiary/aromatic N) is 1. The van der Waals surface area contributed by atoms with E-state index in [1.54, 1.807) is 0 Å². The largest absolute Gasteiger partial charge is 0.480 e. The standard InChI is InChI=1S/C12H21N3O5/c1-7-4-5-15(6-9(7)16)12(20)14-8(11(18)19)2-3-10(13)17/h7-9,16H,2-6H2,1H3,(H2,13,17)(H,14,20)(H,18,19). The molecule has 1 saturated heterocycles. The summed E-state index contributed by atoms with van der Waals surface area (Å²) in [6.07, 6.45) is -0.114. The van der Waals surface area contributed by atoms with Crippen LogP contribution in [0.3, 0.4) is 0 Å². The van der Waals surface area contributed by atoms with Gasteiger partial charge in [-0.1, -0.05) is 6.92 Å². The van der Waals surface area contributed by atoms with E-state index in [9.17, 15) is 19.5 Å². The van der Waals surface area contributed by atoms with Gasteiger partial charge in [-0.05, 0) is 18.8 Å². The average molecular weight is 287 g/mol. The summed E-state index contributed by atoms with van der Waals surface area (Å²) in [5.74, 6) is -1.72. The van der Waals surface area contributed by atoms with E-state index in [2.05, 4.69) is 5.32 Å². The number of piperidine rings is 1. The maximum atomic E-state index is 11.9. The van der Waals surface area contributed by atoms with Crippen LogP contribution in [0.25, 0.3) is 0 Å². The predicted octanol–water partition coefficient (Wildman–Crippen LogP) is -0.883. The maximum Gasteiger partial charge on any atom is 0.326 e. The molecule has 1 aliphatic rings. The summed E-state index contributed by atoms with van der Waals surface area (Å²) in [6.45, 7) is 2.54. The number of rotatable bonds is 5. The number of urea groups is 1. The molecule has 0 aliphatic carbocycles. The highest BCUT2D eigenvalue weighted by atomic mass is 16.4. The summed E-state index contributed by atoms with van der Waals surface area (Å²) in [6, 6.07) is -1.71. The Hall–Kier alpha value is -1.83. The number of carbonyl (C=O) groups is 3. The summed E-state index contributed by atoms with van der Waals surface area (Å²) >= 11 is 0. The summed E-state index contributed by atoms with van der Waals surface area (Å²) < 4.78 is 0. The number of carbonyl (C=O) groups excluding carboxylic acids is 2. The molecule has 8 nitrogen and oxygen atoms in total. The third kappa shape index (κ3) is 4.69. The second kappa shape index (κ2) is 7.09. The number of nitrogens with two attached hydrogens (primary N) is 1. The molecule has 0 radical (unpaired) electrons. The predicted molar refractivity (Wildman–Crippen MR) is 69.7 cm³/mol. The Bertz CT molecular complexity index is 387. The van der Waals surface area contributed by atoms with E-state index in [1.165, 1.54) is 4.90 Å². The van der Waals surface area contributed by atoms with Crippen LogP contribution in [0.1, 0.15) is 26.2 Å². The van der Waals surface area contributed by atoms with Crippen molar-refractivity contribution in [2.24, 2.45) is 11.7 Å². The number of amides is 3. The van der Waals surface area contributed by atoms with Crippen LogP contribution in [0.5, 0.6) is 0 Å². The Morgan fingerprint density at radius 3 is 2.60 bits per heavy atom. The van der Waals surface area contributed by atoms with Gasteiger partial charge in [-0.2, -0.15) is 0 Å². The van der Waals surface area contributed by atoms with Gasteiger partial charge in [-0.25, -0.2) is 9.59 Å². The lowest BCUT2D eigenvalue weighted by molar-refractivity contribution is -0.139. The minimum atomic E-state index is -1.22. The van der Waals surface area contributed by atoms with Gasteiger partial charge in [-0.15, -0.1) is 0 Å². The zero-order valence-corrected chi connectivity index (χ0v) is 11.4. The molecule has 0 saturated carbocycles. The van der Waals surface area contributed by atoms with Crippen molar-refractivity contribution in [2.75, 3.05) is 13.1 Å². The maximum absolute atomic E-state index is 11.9. The monoisotopic (exact) mass is 287 g/mol. The Labute approximate surface area is 116 Å². The van der Waals surface area contributed by atoms with Crippen LogP contribution >= 0.6 is 0 Å². The average Bonchev–Trinajstić information content (AvgIpc) is 2.36. The summed E-state index contributed by atoms with van der Waals surface area (Å²) in [5, 5.41) is 21.1. The Kier molecular flexibility index (Phi) is 5.75. The molecule has 0 aromatic heterocycles. The Morgan fingerprint density at radius 2 is 2.10 bits per heavy atom. The molecule has 0 aromatic carbocycles. The van der Waals surface area contributed by atoms with Gasteiger partial charge in [0.2, 0.25) is 5.91 Å². The van der Waals surface area contributed by atoms with E-state index in [4.69, 9.17) is 10.8 Å². The number of aliphatic hydroxyl groups is 1. The second-order valence-corrected chi connectivity index (χ2v) is 5.12. The SMILES string of the molecule is CC1CCN(C(=O)NC(CCC(N)=O)C(=O)O)CC1O. The second-order valence-electron chi connectivity index (χ2n) is 5.12. The molecular weight excluding hydrogens is 266 g/mol. The summed E-state index contributed by atoms with van der Waals surface area (Å²) in [4.78, 5) is 35.0. The van der Waals surface area contributed by atoms with E-state index in [0.29, 0.717) is 13.0 Å². The number of hydrogen-bond donors (Lipinski definition) is 4. The quantitative estimate of drug-likeness (QED) is 0.521. The summed E-state index contributed by atoms with van der Waals surface area (Å²) in [7, 11) is 0. The molecular formula is C12H21N3O5. The van der Waals surface area contributed by atoms with Crippen LogP contribution in [-0.2, 0) is 9.59 Å². The van der Waals surface area contributed by atoms with Crippen molar-refractivity contribution in [3.05, 3.63) is 0 Å². The van der Waals surface area contributed by atoms with Crippen molar-refractivity contribution >= 4 is 17.9 Å². The number of hydrogen-bond acceptors (Lipinski definition) is 4. The molecule has 0 aromatic rings. The molecule has 1 fully saturated rings. The molecule has 1 aliphatic heterocycles. The van der Waals surface area contributed by atoms with Gasteiger partial charge < -0.3 is 26.2 Å². The Balaban J connectivity index is 2.53. The highest BCUT2D eigenvalue weighted by Gasteiger charge is 2.29. The van der Waals surface area contributed by atoms with Crippen LogP contribution in [0.15, 0.2) is 0 Å². The van der Waals surface area contributed by atoms with Crippen LogP contribution in [0.4, 0.5) is 4.79 Å². The number of β-amino-alcohol motifs (C(OH)–C–C–N with tert-alkyl or cyclic N) is 1. The fourth-order valence-electron chi connectivity index (χ4n) is 2.02. The zero-order chi connectivity index (χ0) is 15.3. The molecule has 1 heterocycles. The molecule has 1 rings (SSSR count). The fraction of sp³-hybridized carbons (Fsp3) is 0.750. The van der Waals surface area contributed by atoms with Crippen molar-refractivity contribution in [1.82, 2.24) is 10.2 Å². The van der Waals surface area contributed by atoms with Crippen LogP contribution in [-0.4, -0.2) is 58.3 Å². The van der Waals surface area contributed by atoms with Gasteiger partial charge in [0.05, 0.1) is 6.10 Å².